The van der Waals surface area contributed by atoms with Crippen molar-refractivity contribution in [2.45, 2.75) is 32.2 Å². The van der Waals surface area contributed by atoms with Crippen LogP contribution in [0, 0.1) is 0 Å². The van der Waals surface area contributed by atoms with Gasteiger partial charge in [0.1, 0.15) is 10.6 Å². The molecule has 1 aliphatic heterocycles. The minimum Gasteiger partial charge on any atom is -0.382 e. The quantitative estimate of drug-likeness (QED) is 0.813. The zero-order valence-corrected chi connectivity index (χ0v) is 10.1. The molecule has 0 aromatic carbocycles. The summed E-state index contributed by atoms with van der Waals surface area (Å²) in [6.07, 6.45) is 3.51. The van der Waals surface area contributed by atoms with Crippen molar-refractivity contribution in [1.29, 1.82) is 0 Å². The summed E-state index contributed by atoms with van der Waals surface area (Å²) < 4.78 is 4.02. The van der Waals surface area contributed by atoms with E-state index >= 15 is 0 Å². The Labute approximate surface area is 98.6 Å². The number of piperidine rings is 1. The topological polar surface area (TPSA) is 85.2 Å². The van der Waals surface area contributed by atoms with E-state index in [-0.39, 0.29) is 5.82 Å². The van der Waals surface area contributed by atoms with E-state index in [1.54, 1.807) is 0 Å². The minimum atomic E-state index is -0.487. The number of carbonyl (C=O) groups is 1. The smallest absolute Gasteiger partial charge is 0.255 e. The van der Waals surface area contributed by atoms with Gasteiger partial charge in [-0.25, -0.2) is 0 Å². The number of carbonyl (C=O) groups excluding carboxylic acids is 1. The lowest BCUT2D eigenvalue weighted by molar-refractivity contribution is 0.100. The fraction of sp³-hybridized carbons (Fsp3) is 0.600. The van der Waals surface area contributed by atoms with Gasteiger partial charge in [-0.1, -0.05) is 0 Å². The highest BCUT2D eigenvalue weighted by molar-refractivity contribution is 7.11. The summed E-state index contributed by atoms with van der Waals surface area (Å²) >= 11 is 1.26. The van der Waals surface area contributed by atoms with Gasteiger partial charge in [0.05, 0.1) is 0 Å². The van der Waals surface area contributed by atoms with Gasteiger partial charge in [0.2, 0.25) is 0 Å². The summed E-state index contributed by atoms with van der Waals surface area (Å²) in [6, 6.07) is 0.423. The molecule has 2 rings (SSSR count). The third-order valence-corrected chi connectivity index (χ3v) is 3.91. The molecule has 1 fully saturated rings. The molecule has 6 heteroatoms. The Hall–Kier alpha value is -1.30. The fourth-order valence-electron chi connectivity index (χ4n) is 2.12. The van der Waals surface area contributed by atoms with E-state index in [9.17, 15) is 4.79 Å². The Balaban J connectivity index is 2.35. The van der Waals surface area contributed by atoms with Gasteiger partial charge in [-0.05, 0) is 37.7 Å². The highest BCUT2D eigenvalue weighted by Gasteiger charge is 2.26. The van der Waals surface area contributed by atoms with Gasteiger partial charge in [0, 0.05) is 12.6 Å². The Kier molecular flexibility index (Phi) is 3.00. The highest BCUT2D eigenvalue weighted by Crippen LogP contribution is 2.34. The van der Waals surface area contributed by atoms with Crippen LogP contribution in [0.4, 0.5) is 10.8 Å². The maximum atomic E-state index is 11.3. The predicted molar refractivity (Wildman–Crippen MR) is 65.7 cm³/mol. The van der Waals surface area contributed by atoms with Gasteiger partial charge in [-0.15, -0.1) is 0 Å². The van der Waals surface area contributed by atoms with Gasteiger partial charge in [-0.2, -0.15) is 4.37 Å². The Morgan fingerprint density at radius 2 is 2.31 bits per heavy atom. The average molecular weight is 240 g/mol. The molecule has 0 radical (unpaired) electrons. The molecule has 0 aliphatic carbocycles. The first-order valence-electron chi connectivity index (χ1n) is 5.43. The summed E-state index contributed by atoms with van der Waals surface area (Å²) in [5, 5.41) is 0.831. The van der Waals surface area contributed by atoms with Crippen molar-refractivity contribution >= 4 is 28.3 Å². The molecule has 0 saturated carbocycles. The summed E-state index contributed by atoms with van der Waals surface area (Å²) in [5.74, 6) is -0.232. The normalized spacial score (nSPS) is 21.1. The summed E-state index contributed by atoms with van der Waals surface area (Å²) in [7, 11) is 0. The molecule has 5 nitrogen and oxygen atoms in total. The highest BCUT2D eigenvalue weighted by atomic mass is 32.1. The van der Waals surface area contributed by atoms with Crippen LogP contribution in [0.25, 0.3) is 0 Å². The first kappa shape index (κ1) is 11.2. The molecule has 1 atom stereocenters. The molecule has 16 heavy (non-hydrogen) atoms. The molecule has 1 aromatic heterocycles. The number of primary amides is 1. The molecule has 1 saturated heterocycles. The van der Waals surface area contributed by atoms with Crippen molar-refractivity contribution in [1.82, 2.24) is 4.37 Å². The number of hydrogen-bond acceptors (Lipinski definition) is 5. The molecular formula is C10H16N4OS. The van der Waals surface area contributed by atoms with Crippen molar-refractivity contribution in [2.75, 3.05) is 17.2 Å². The van der Waals surface area contributed by atoms with Crippen molar-refractivity contribution in [3.8, 4) is 0 Å². The van der Waals surface area contributed by atoms with E-state index in [0.717, 1.165) is 24.4 Å². The molecule has 2 heterocycles. The average Bonchev–Trinajstić information content (AvgIpc) is 2.61. The van der Waals surface area contributed by atoms with Crippen LogP contribution in [0.2, 0.25) is 0 Å². The monoisotopic (exact) mass is 240 g/mol. The van der Waals surface area contributed by atoms with Crippen LogP contribution in [0.3, 0.4) is 0 Å². The first-order chi connectivity index (χ1) is 7.61. The molecule has 1 amide bonds. The number of aromatic nitrogens is 1. The largest absolute Gasteiger partial charge is 0.382 e. The molecule has 1 aromatic rings. The number of hydrogen-bond donors (Lipinski definition) is 2. The number of amides is 1. The van der Waals surface area contributed by atoms with E-state index in [1.807, 2.05) is 0 Å². The standard InChI is InChI=1S/C10H16N4OS/c1-6-4-2-3-5-14(6)10-7(9(12)15)8(11)13-16-10/h6H,2-5H2,1H3,(H2,11,13)(H2,12,15). The van der Waals surface area contributed by atoms with Gasteiger partial charge in [0.25, 0.3) is 5.91 Å². The number of rotatable bonds is 2. The van der Waals surface area contributed by atoms with Gasteiger partial charge in [-0.3, -0.25) is 4.79 Å². The van der Waals surface area contributed by atoms with Crippen LogP contribution in [0.5, 0.6) is 0 Å². The van der Waals surface area contributed by atoms with Gasteiger partial charge in [0.15, 0.2) is 5.82 Å². The Bertz CT molecular complexity index is 404. The van der Waals surface area contributed by atoms with E-state index in [2.05, 4.69) is 16.2 Å². The number of nitrogens with two attached hydrogens (primary N) is 2. The molecule has 4 N–H and O–H groups in total. The summed E-state index contributed by atoms with van der Waals surface area (Å²) in [5.41, 5.74) is 11.4. The molecule has 0 spiro atoms. The Morgan fingerprint density at radius 3 is 2.94 bits per heavy atom. The summed E-state index contributed by atoms with van der Waals surface area (Å²) in [6.45, 7) is 3.10. The third-order valence-electron chi connectivity index (χ3n) is 3.01. The van der Waals surface area contributed by atoms with Crippen LogP contribution in [-0.2, 0) is 0 Å². The maximum Gasteiger partial charge on any atom is 0.255 e. The van der Waals surface area contributed by atoms with Crippen LogP contribution in [0.15, 0.2) is 0 Å². The molecule has 1 unspecified atom stereocenters. The molecule has 0 bridgehead atoms. The van der Waals surface area contributed by atoms with Crippen LogP contribution < -0.4 is 16.4 Å². The number of anilines is 2. The molecule has 88 valence electrons. The number of nitrogen functional groups attached to an aromatic ring is 1. The van der Waals surface area contributed by atoms with E-state index in [4.69, 9.17) is 11.5 Å². The molecular weight excluding hydrogens is 224 g/mol. The zero-order chi connectivity index (χ0) is 11.7. The van der Waals surface area contributed by atoms with Gasteiger partial charge < -0.3 is 16.4 Å². The van der Waals surface area contributed by atoms with Crippen molar-refractivity contribution < 1.29 is 4.79 Å². The lowest BCUT2D eigenvalue weighted by Gasteiger charge is -2.34. The first-order valence-corrected chi connectivity index (χ1v) is 6.20. The van der Waals surface area contributed by atoms with Crippen molar-refractivity contribution in [2.24, 2.45) is 5.73 Å². The van der Waals surface area contributed by atoms with E-state index in [1.165, 1.54) is 18.0 Å². The lowest BCUT2D eigenvalue weighted by atomic mass is 10.0. The van der Waals surface area contributed by atoms with E-state index < -0.39 is 5.91 Å². The molecule has 1 aliphatic rings. The van der Waals surface area contributed by atoms with Crippen LogP contribution >= 0.6 is 11.5 Å². The fourth-order valence-corrected chi connectivity index (χ4v) is 3.07. The van der Waals surface area contributed by atoms with Crippen molar-refractivity contribution in [3.05, 3.63) is 5.56 Å². The lowest BCUT2D eigenvalue weighted by Crippen LogP contribution is -2.38. The second-order valence-corrected chi connectivity index (χ2v) is 4.90. The zero-order valence-electron chi connectivity index (χ0n) is 9.27. The van der Waals surface area contributed by atoms with Crippen molar-refractivity contribution in [3.63, 3.8) is 0 Å². The second kappa shape index (κ2) is 4.29. The summed E-state index contributed by atoms with van der Waals surface area (Å²) in [4.78, 5) is 13.5. The Morgan fingerprint density at radius 1 is 1.56 bits per heavy atom. The van der Waals surface area contributed by atoms with E-state index in [0.29, 0.717) is 11.6 Å². The predicted octanol–water partition coefficient (Wildman–Crippen LogP) is 1.20. The van der Waals surface area contributed by atoms with Crippen LogP contribution in [0.1, 0.15) is 36.5 Å². The second-order valence-electron chi connectivity index (χ2n) is 4.15. The SMILES string of the molecule is CC1CCCCN1c1snc(N)c1C(N)=O. The maximum absolute atomic E-state index is 11.3. The number of nitrogens with zero attached hydrogens (tertiary/aromatic N) is 2. The minimum absolute atomic E-state index is 0.255. The van der Waals surface area contributed by atoms with Crippen LogP contribution in [-0.4, -0.2) is 22.9 Å². The van der Waals surface area contributed by atoms with Gasteiger partial charge >= 0.3 is 0 Å². The third kappa shape index (κ3) is 1.84.